The van der Waals surface area contributed by atoms with Crippen LogP contribution < -0.4 is 10.6 Å². The van der Waals surface area contributed by atoms with Crippen LogP contribution in [0.3, 0.4) is 0 Å². The molecular formula is C13H24N2O4. The normalized spacial score (nSPS) is 24.4. The van der Waals surface area contributed by atoms with E-state index in [2.05, 4.69) is 10.6 Å². The molecule has 0 spiro atoms. The van der Waals surface area contributed by atoms with Gasteiger partial charge in [0.15, 0.2) is 0 Å². The largest absolute Gasteiger partial charge is 0.481 e. The fraction of sp³-hybridized carbons (Fsp3) is 0.846. The number of carbonyl (C=O) groups excluding carboxylic acids is 1. The van der Waals surface area contributed by atoms with Crippen molar-refractivity contribution in [3.63, 3.8) is 0 Å². The average Bonchev–Trinajstić information content (AvgIpc) is 2.41. The van der Waals surface area contributed by atoms with Gasteiger partial charge in [0.2, 0.25) is 0 Å². The molecule has 0 radical (unpaired) electrons. The molecule has 0 aromatic rings. The monoisotopic (exact) mass is 272 g/mol. The van der Waals surface area contributed by atoms with Gasteiger partial charge in [-0.3, -0.25) is 4.79 Å². The summed E-state index contributed by atoms with van der Waals surface area (Å²) < 4.78 is 5.22. The number of aliphatic carboxylic acids is 1. The number of carboxylic acids is 1. The highest BCUT2D eigenvalue weighted by Gasteiger charge is 2.28. The molecule has 19 heavy (non-hydrogen) atoms. The van der Waals surface area contributed by atoms with Gasteiger partial charge in [-0.05, 0) is 52.6 Å². The molecule has 0 saturated carbocycles. The van der Waals surface area contributed by atoms with E-state index in [0.717, 1.165) is 25.9 Å². The van der Waals surface area contributed by atoms with Crippen LogP contribution in [0.5, 0.6) is 0 Å². The first-order chi connectivity index (χ1) is 8.78. The number of carboxylic acid groups (broad SMARTS) is 1. The summed E-state index contributed by atoms with van der Waals surface area (Å²) in [6.45, 7) is 6.96. The Hall–Kier alpha value is -1.30. The third-order valence-electron chi connectivity index (χ3n) is 3.03. The maximum absolute atomic E-state index is 11.8. The van der Waals surface area contributed by atoms with Gasteiger partial charge in [0.1, 0.15) is 5.60 Å². The van der Waals surface area contributed by atoms with E-state index >= 15 is 0 Å². The van der Waals surface area contributed by atoms with Crippen molar-refractivity contribution < 1.29 is 19.4 Å². The lowest BCUT2D eigenvalue weighted by atomic mass is 9.92. The SMILES string of the molecule is CC(C)(C)OC(=O)N[C@@H]1CCNCC[C@H]1CC(=O)O. The number of hydrogen-bond donors (Lipinski definition) is 3. The van der Waals surface area contributed by atoms with Crippen LogP contribution in [-0.2, 0) is 9.53 Å². The smallest absolute Gasteiger partial charge is 0.407 e. The topological polar surface area (TPSA) is 87.7 Å². The fourth-order valence-electron chi connectivity index (χ4n) is 2.22. The van der Waals surface area contributed by atoms with Gasteiger partial charge in [-0.25, -0.2) is 4.79 Å². The maximum atomic E-state index is 11.8. The molecule has 6 heteroatoms. The van der Waals surface area contributed by atoms with Gasteiger partial charge >= 0.3 is 12.1 Å². The van der Waals surface area contributed by atoms with Crippen molar-refractivity contribution in [2.24, 2.45) is 5.92 Å². The third kappa shape index (κ3) is 6.42. The highest BCUT2D eigenvalue weighted by molar-refractivity contribution is 5.69. The standard InChI is InChI=1S/C13H24N2O4/c1-13(2,3)19-12(18)15-10-5-7-14-6-4-9(10)8-11(16)17/h9-10,14H,4-8H2,1-3H3,(H,15,18)(H,16,17)/t9-,10+/m0/s1. The van der Waals surface area contributed by atoms with E-state index in [9.17, 15) is 9.59 Å². The Kier molecular flexibility index (Phi) is 5.60. The molecule has 1 aliphatic heterocycles. The van der Waals surface area contributed by atoms with Crippen molar-refractivity contribution >= 4 is 12.1 Å². The van der Waals surface area contributed by atoms with E-state index in [0.29, 0.717) is 0 Å². The molecule has 6 nitrogen and oxygen atoms in total. The Bertz CT molecular complexity index is 325. The molecule has 1 fully saturated rings. The zero-order valence-corrected chi connectivity index (χ0v) is 11.9. The first-order valence-electron chi connectivity index (χ1n) is 6.70. The Morgan fingerprint density at radius 3 is 2.53 bits per heavy atom. The molecule has 3 N–H and O–H groups in total. The minimum absolute atomic E-state index is 0.0555. The number of rotatable bonds is 3. The van der Waals surface area contributed by atoms with E-state index < -0.39 is 17.7 Å². The predicted octanol–water partition coefficient (Wildman–Crippen LogP) is 1.35. The number of amides is 1. The van der Waals surface area contributed by atoms with Crippen LogP contribution in [-0.4, -0.2) is 41.9 Å². The first-order valence-corrected chi connectivity index (χ1v) is 6.70. The minimum Gasteiger partial charge on any atom is -0.481 e. The van der Waals surface area contributed by atoms with Crippen LogP contribution >= 0.6 is 0 Å². The van der Waals surface area contributed by atoms with E-state index in [1.807, 2.05) is 0 Å². The van der Waals surface area contributed by atoms with Crippen LogP contribution in [0.4, 0.5) is 4.79 Å². The number of carbonyl (C=O) groups is 2. The van der Waals surface area contributed by atoms with Crippen molar-refractivity contribution in [1.29, 1.82) is 0 Å². The summed E-state index contributed by atoms with van der Waals surface area (Å²) in [5.41, 5.74) is -0.546. The van der Waals surface area contributed by atoms with Crippen LogP contribution in [0, 0.1) is 5.92 Å². The predicted molar refractivity (Wildman–Crippen MR) is 71.0 cm³/mol. The second-order valence-electron chi connectivity index (χ2n) is 5.94. The Morgan fingerprint density at radius 2 is 1.95 bits per heavy atom. The van der Waals surface area contributed by atoms with E-state index in [-0.39, 0.29) is 18.4 Å². The molecule has 0 aromatic heterocycles. The third-order valence-corrected chi connectivity index (χ3v) is 3.03. The van der Waals surface area contributed by atoms with E-state index in [1.54, 1.807) is 20.8 Å². The Labute approximate surface area is 113 Å². The van der Waals surface area contributed by atoms with Crippen LogP contribution in [0.1, 0.15) is 40.0 Å². The van der Waals surface area contributed by atoms with Crippen molar-refractivity contribution in [3.8, 4) is 0 Å². The zero-order chi connectivity index (χ0) is 14.5. The molecule has 0 aliphatic carbocycles. The summed E-state index contributed by atoms with van der Waals surface area (Å²) >= 11 is 0. The summed E-state index contributed by atoms with van der Waals surface area (Å²) in [5, 5.41) is 15.0. The van der Waals surface area contributed by atoms with Gasteiger partial charge in [-0.2, -0.15) is 0 Å². The second kappa shape index (κ2) is 6.75. The lowest BCUT2D eigenvalue weighted by molar-refractivity contribution is -0.138. The number of hydrogen-bond acceptors (Lipinski definition) is 4. The maximum Gasteiger partial charge on any atom is 0.407 e. The average molecular weight is 272 g/mol. The van der Waals surface area contributed by atoms with Gasteiger partial charge < -0.3 is 20.5 Å². The lowest BCUT2D eigenvalue weighted by Gasteiger charge is -2.27. The molecule has 1 rings (SSSR count). The number of nitrogens with one attached hydrogen (secondary N) is 2. The molecule has 1 amide bonds. The van der Waals surface area contributed by atoms with E-state index in [1.165, 1.54) is 0 Å². The summed E-state index contributed by atoms with van der Waals surface area (Å²) in [5.74, 6) is -0.886. The molecule has 0 unspecified atom stereocenters. The highest BCUT2D eigenvalue weighted by atomic mass is 16.6. The molecule has 1 heterocycles. The van der Waals surface area contributed by atoms with Gasteiger partial charge in [0.25, 0.3) is 0 Å². The second-order valence-corrected chi connectivity index (χ2v) is 5.94. The van der Waals surface area contributed by atoms with Crippen LogP contribution in [0.25, 0.3) is 0 Å². The van der Waals surface area contributed by atoms with Crippen LogP contribution in [0.15, 0.2) is 0 Å². The Balaban J connectivity index is 2.59. The van der Waals surface area contributed by atoms with Crippen molar-refractivity contribution in [3.05, 3.63) is 0 Å². The summed E-state index contributed by atoms with van der Waals surface area (Å²) in [6, 6.07) is -0.152. The van der Waals surface area contributed by atoms with Gasteiger partial charge in [0.05, 0.1) is 6.42 Å². The zero-order valence-electron chi connectivity index (χ0n) is 11.9. The fourth-order valence-corrected chi connectivity index (χ4v) is 2.22. The first kappa shape index (κ1) is 15.8. The van der Waals surface area contributed by atoms with Gasteiger partial charge in [-0.15, -0.1) is 0 Å². The van der Waals surface area contributed by atoms with E-state index in [4.69, 9.17) is 9.84 Å². The number of alkyl carbamates (subject to hydrolysis) is 1. The molecule has 0 bridgehead atoms. The lowest BCUT2D eigenvalue weighted by Crippen LogP contribution is -2.43. The Morgan fingerprint density at radius 1 is 1.32 bits per heavy atom. The molecule has 2 atom stereocenters. The minimum atomic E-state index is -0.831. The van der Waals surface area contributed by atoms with Crippen molar-refractivity contribution in [2.45, 2.75) is 51.7 Å². The summed E-state index contributed by atoms with van der Waals surface area (Å²) in [4.78, 5) is 22.6. The van der Waals surface area contributed by atoms with Crippen molar-refractivity contribution in [1.82, 2.24) is 10.6 Å². The van der Waals surface area contributed by atoms with Gasteiger partial charge in [-0.1, -0.05) is 0 Å². The molecule has 1 aliphatic rings. The number of ether oxygens (including phenoxy) is 1. The van der Waals surface area contributed by atoms with Gasteiger partial charge in [0, 0.05) is 6.04 Å². The van der Waals surface area contributed by atoms with Crippen molar-refractivity contribution in [2.75, 3.05) is 13.1 Å². The molecule has 0 aromatic carbocycles. The quantitative estimate of drug-likeness (QED) is 0.722. The molecular weight excluding hydrogens is 248 g/mol. The molecule has 1 saturated heterocycles. The summed E-state index contributed by atoms with van der Waals surface area (Å²) in [6.07, 6.45) is 1.06. The molecule has 110 valence electrons. The van der Waals surface area contributed by atoms with Crippen LogP contribution in [0.2, 0.25) is 0 Å². The highest BCUT2D eigenvalue weighted by Crippen LogP contribution is 2.19. The summed E-state index contributed by atoms with van der Waals surface area (Å²) in [7, 11) is 0.